The van der Waals surface area contributed by atoms with Crippen LogP contribution in [0.25, 0.3) is 0 Å². The molecule has 1 aromatic heterocycles. The van der Waals surface area contributed by atoms with Crippen LogP contribution in [-0.2, 0) is 16.6 Å². The lowest BCUT2D eigenvalue weighted by molar-refractivity contribution is 0.600. The third-order valence-electron chi connectivity index (χ3n) is 4.25. The molecule has 0 amide bonds. The van der Waals surface area contributed by atoms with E-state index >= 15 is 0 Å². The topological polar surface area (TPSA) is 64.0 Å². The van der Waals surface area contributed by atoms with Crippen LogP contribution in [-0.4, -0.2) is 18.2 Å². The Hall–Kier alpha value is -2.31. The normalized spacial score (nSPS) is 11.5. The number of nitrogens with zero attached hydrogens (tertiary/aromatic N) is 2. The minimum atomic E-state index is -3.68. The number of aromatic nitrogens is 2. The van der Waals surface area contributed by atoms with Crippen molar-refractivity contribution in [2.45, 2.75) is 32.2 Å². The van der Waals surface area contributed by atoms with Gasteiger partial charge in [0.25, 0.3) is 10.0 Å². The molecular weight excluding hydrogens is 370 g/mol. The standard InChI is InChI=1S/C19H20ClN3O2S/c1-13-4-9-18(10-14(13)2)26(24,25)22-19-11-15(3)23(21-19)12-16-5-7-17(20)8-6-16/h4-11H,12H2,1-3H3,(H,21,22). The van der Waals surface area contributed by atoms with Crippen molar-refractivity contribution < 1.29 is 8.42 Å². The number of rotatable bonds is 5. The minimum absolute atomic E-state index is 0.227. The quantitative estimate of drug-likeness (QED) is 0.707. The molecule has 0 aliphatic rings. The van der Waals surface area contributed by atoms with Gasteiger partial charge in [0, 0.05) is 16.8 Å². The van der Waals surface area contributed by atoms with Crippen LogP contribution >= 0.6 is 11.6 Å². The van der Waals surface area contributed by atoms with Crippen molar-refractivity contribution >= 4 is 27.4 Å². The number of aryl methyl sites for hydroxylation is 3. The van der Waals surface area contributed by atoms with Gasteiger partial charge < -0.3 is 0 Å². The van der Waals surface area contributed by atoms with E-state index in [0.717, 1.165) is 22.4 Å². The molecule has 136 valence electrons. The van der Waals surface area contributed by atoms with Crippen LogP contribution in [0, 0.1) is 20.8 Å². The van der Waals surface area contributed by atoms with E-state index in [1.807, 2.05) is 45.0 Å². The summed E-state index contributed by atoms with van der Waals surface area (Å²) in [5.74, 6) is 0.301. The summed E-state index contributed by atoms with van der Waals surface area (Å²) in [6, 6.07) is 14.3. The SMILES string of the molecule is Cc1ccc(S(=O)(=O)Nc2cc(C)n(Cc3ccc(Cl)cc3)n2)cc1C. The zero-order valence-corrected chi connectivity index (χ0v) is 16.4. The molecule has 0 aliphatic carbocycles. The molecule has 0 aliphatic heterocycles. The molecule has 0 atom stereocenters. The molecule has 3 aromatic rings. The molecule has 3 rings (SSSR count). The molecule has 1 heterocycles. The van der Waals surface area contributed by atoms with Gasteiger partial charge in [-0.25, -0.2) is 8.42 Å². The molecule has 0 radical (unpaired) electrons. The monoisotopic (exact) mass is 389 g/mol. The zero-order chi connectivity index (χ0) is 18.9. The average molecular weight is 390 g/mol. The van der Waals surface area contributed by atoms with Crippen LogP contribution in [0.3, 0.4) is 0 Å². The Kier molecular flexibility index (Phi) is 5.07. The molecule has 5 nitrogen and oxygen atoms in total. The van der Waals surface area contributed by atoms with E-state index in [9.17, 15) is 8.42 Å². The number of anilines is 1. The van der Waals surface area contributed by atoms with Crippen molar-refractivity contribution in [1.29, 1.82) is 0 Å². The van der Waals surface area contributed by atoms with Crippen molar-refractivity contribution in [3.05, 3.63) is 75.9 Å². The first-order valence-electron chi connectivity index (χ1n) is 8.13. The van der Waals surface area contributed by atoms with Gasteiger partial charge in [-0.3, -0.25) is 9.40 Å². The van der Waals surface area contributed by atoms with Gasteiger partial charge in [-0.15, -0.1) is 0 Å². The molecule has 7 heteroatoms. The van der Waals surface area contributed by atoms with Gasteiger partial charge in [-0.2, -0.15) is 5.10 Å². The van der Waals surface area contributed by atoms with E-state index in [2.05, 4.69) is 9.82 Å². The van der Waals surface area contributed by atoms with Crippen molar-refractivity contribution in [2.24, 2.45) is 0 Å². The lowest BCUT2D eigenvalue weighted by Crippen LogP contribution is -2.14. The summed E-state index contributed by atoms with van der Waals surface area (Å²) < 4.78 is 29.5. The number of halogens is 1. The predicted octanol–water partition coefficient (Wildman–Crippen LogP) is 4.31. The number of hydrogen-bond acceptors (Lipinski definition) is 3. The van der Waals surface area contributed by atoms with Crippen molar-refractivity contribution in [3.63, 3.8) is 0 Å². The van der Waals surface area contributed by atoms with Gasteiger partial charge in [-0.05, 0) is 61.7 Å². The van der Waals surface area contributed by atoms with Crippen LogP contribution < -0.4 is 4.72 Å². The van der Waals surface area contributed by atoms with Crippen molar-refractivity contribution in [2.75, 3.05) is 4.72 Å². The summed E-state index contributed by atoms with van der Waals surface area (Å²) in [5.41, 5.74) is 3.87. The van der Waals surface area contributed by atoms with Crippen LogP contribution in [0.5, 0.6) is 0 Å². The molecular formula is C19H20ClN3O2S. The maximum atomic E-state index is 12.6. The molecule has 0 spiro atoms. The van der Waals surface area contributed by atoms with E-state index in [1.54, 1.807) is 28.9 Å². The average Bonchev–Trinajstić information content (AvgIpc) is 2.90. The van der Waals surface area contributed by atoms with Crippen LogP contribution in [0.15, 0.2) is 53.4 Å². The second-order valence-electron chi connectivity index (χ2n) is 6.31. The van der Waals surface area contributed by atoms with E-state index in [0.29, 0.717) is 17.4 Å². The lowest BCUT2D eigenvalue weighted by Gasteiger charge is -2.08. The third-order valence-corrected chi connectivity index (χ3v) is 5.86. The Bertz CT molecular complexity index is 1040. The first-order valence-corrected chi connectivity index (χ1v) is 10.00. The highest BCUT2D eigenvalue weighted by molar-refractivity contribution is 7.92. The Morgan fingerprint density at radius 2 is 1.69 bits per heavy atom. The van der Waals surface area contributed by atoms with Crippen molar-refractivity contribution in [3.8, 4) is 0 Å². The second-order valence-corrected chi connectivity index (χ2v) is 8.43. The number of benzene rings is 2. The number of hydrogen-bond donors (Lipinski definition) is 1. The fraction of sp³-hybridized carbons (Fsp3) is 0.211. The predicted molar refractivity (Wildman–Crippen MR) is 104 cm³/mol. The van der Waals surface area contributed by atoms with Gasteiger partial charge in [0.15, 0.2) is 5.82 Å². The summed E-state index contributed by atoms with van der Waals surface area (Å²) in [7, 11) is -3.68. The molecule has 0 bridgehead atoms. The molecule has 0 unspecified atom stereocenters. The summed E-state index contributed by atoms with van der Waals surface area (Å²) in [4.78, 5) is 0.227. The fourth-order valence-electron chi connectivity index (χ4n) is 2.56. The highest BCUT2D eigenvalue weighted by Crippen LogP contribution is 2.19. The third kappa shape index (κ3) is 4.08. The van der Waals surface area contributed by atoms with E-state index in [4.69, 9.17) is 11.6 Å². The summed E-state index contributed by atoms with van der Waals surface area (Å²) in [6.07, 6.45) is 0. The van der Waals surface area contributed by atoms with Gasteiger partial charge in [0.2, 0.25) is 0 Å². The number of nitrogens with one attached hydrogen (secondary N) is 1. The van der Waals surface area contributed by atoms with Gasteiger partial charge in [0.05, 0.1) is 11.4 Å². The van der Waals surface area contributed by atoms with E-state index in [1.165, 1.54) is 0 Å². The zero-order valence-electron chi connectivity index (χ0n) is 14.8. The summed E-state index contributed by atoms with van der Waals surface area (Å²) >= 11 is 5.90. The van der Waals surface area contributed by atoms with Crippen LogP contribution in [0.1, 0.15) is 22.4 Å². The van der Waals surface area contributed by atoms with Crippen LogP contribution in [0.2, 0.25) is 5.02 Å². The molecule has 26 heavy (non-hydrogen) atoms. The Morgan fingerprint density at radius 3 is 2.35 bits per heavy atom. The van der Waals surface area contributed by atoms with Gasteiger partial charge in [-0.1, -0.05) is 29.8 Å². The molecule has 0 saturated carbocycles. The van der Waals surface area contributed by atoms with Gasteiger partial charge >= 0.3 is 0 Å². The summed E-state index contributed by atoms with van der Waals surface area (Å²) in [5, 5.41) is 5.05. The first-order chi connectivity index (χ1) is 12.2. The minimum Gasteiger partial charge on any atom is -0.263 e. The summed E-state index contributed by atoms with van der Waals surface area (Å²) in [6.45, 7) is 6.26. The second kappa shape index (κ2) is 7.13. The van der Waals surface area contributed by atoms with Crippen LogP contribution in [0.4, 0.5) is 5.82 Å². The van der Waals surface area contributed by atoms with Gasteiger partial charge in [0.1, 0.15) is 0 Å². The van der Waals surface area contributed by atoms with E-state index < -0.39 is 10.0 Å². The fourth-order valence-corrected chi connectivity index (χ4v) is 3.76. The Balaban J connectivity index is 1.82. The Morgan fingerprint density at radius 1 is 1.00 bits per heavy atom. The highest BCUT2D eigenvalue weighted by Gasteiger charge is 2.17. The van der Waals surface area contributed by atoms with Crippen molar-refractivity contribution in [1.82, 2.24) is 9.78 Å². The largest absolute Gasteiger partial charge is 0.263 e. The maximum absolute atomic E-state index is 12.6. The highest BCUT2D eigenvalue weighted by atomic mass is 35.5. The first kappa shape index (κ1) is 18.5. The maximum Gasteiger partial charge on any atom is 0.263 e. The Labute approximate surface area is 158 Å². The molecule has 2 aromatic carbocycles. The smallest absolute Gasteiger partial charge is 0.263 e. The van der Waals surface area contributed by atoms with E-state index in [-0.39, 0.29) is 4.90 Å². The number of sulfonamides is 1. The molecule has 1 N–H and O–H groups in total. The molecule has 0 saturated heterocycles. The lowest BCUT2D eigenvalue weighted by atomic mass is 10.1. The molecule has 0 fully saturated rings.